The summed E-state index contributed by atoms with van der Waals surface area (Å²) < 4.78 is 0. The minimum atomic E-state index is -0.277. The third-order valence-corrected chi connectivity index (χ3v) is 4.51. The SMILES string of the molecule is CN1CCN(c2ccc(Nc3ccc(C(=O)NC(C)(C)C)nc3)cc2)CC1. The molecule has 0 saturated carbocycles. The van der Waals surface area contributed by atoms with Crippen molar-refractivity contribution in [3.05, 3.63) is 48.3 Å². The largest absolute Gasteiger partial charge is 0.369 e. The van der Waals surface area contributed by atoms with Crippen molar-refractivity contribution >= 4 is 23.0 Å². The first-order chi connectivity index (χ1) is 12.8. The fourth-order valence-corrected chi connectivity index (χ4v) is 2.99. The maximum atomic E-state index is 12.1. The van der Waals surface area contributed by atoms with Crippen LogP contribution in [0.3, 0.4) is 0 Å². The monoisotopic (exact) mass is 367 g/mol. The topological polar surface area (TPSA) is 60.5 Å². The summed E-state index contributed by atoms with van der Waals surface area (Å²) in [6.07, 6.45) is 1.69. The predicted octanol–water partition coefficient (Wildman–Crippen LogP) is 3.11. The number of anilines is 3. The Hall–Kier alpha value is -2.60. The summed E-state index contributed by atoms with van der Waals surface area (Å²) in [5, 5.41) is 6.25. The molecule has 1 amide bonds. The lowest BCUT2D eigenvalue weighted by atomic mass is 10.1. The van der Waals surface area contributed by atoms with Crippen molar-refractivity contribution in [2.24, 2.45) is 0 Å². The number of amides is 1. The lowest BCUT2D eigenvalue weighted by Gasteiger charge is -2.34. The lowest BCUT2D eigenvalue weighted by molar-refractivity contribution is 0.0914. The fraction of sp³-hybridized carbons (Fsp3) is 0.429. The molecule has 1 aliphatic rings. The highest BCUT2D eigenvalue weighted by Crippen LogP contribution is 2.22. The van der Waals surface area contributed by atoms with Crippen LogP contribution in [-0.2, 0) is 0 Å². The quantitative estimate of drug-likeness (QED) is 0.870. The van der Waals surface area contributed by atoms with Gasteiger partial charge in [0.2, 0.25) is 0 Å². The highest BCUT2D eigenvalue weighted by atomic mass is 16.2. The number of hydrogen-bond acceptors (Lipinski definition) is 5. The summed E-state index contributed by atoms with van der Waals surface area (Å²) in [5.74, 6) is -0.162. The number of rotatable bonds is 4. The van der Waals surface area contributed by atoms with Gasteiger partial charge in [0.25, 0.3) is 5.91 Å². The number of nitrogens with one attached hydrogen (secondary N) is 2. The second-order valence-corrected chi connectivity index (χ2v) is 8.10. The van der Waals surface area contributed by atoms with Crippen molar-refractivity contribution in [1.82, 2.24) is 15.2 Å². The van der Waals surface area contributed by atoms with Gasteiger partial charge < -0.3 is 20.4 Å². The van der Waals surface area contributed by atoms with Gasteiger partial charge in [0.1, 0.15) is 5.69 Å². The third-order valence-electron chi connectivity index (χ3n) is 4.51. The van der Waals surface area contributed by atoms with E-state index in [1.807, 2.05) is 26.8 Å². The number of benzene rings is 1. The maximum Gasteiger partial charge on any atom is 0.270 e. The number of carbonyl (C=O) groups is 1. The average molecular weight is 367 g/mol. The lowest BCUT2D eigenvalue weighted by Crippen LogP contribution is -2.44. The van der Waals surface area contributed by atoms with Crippen LogP contribution >= 0.6 is 0 Å². The number of pyridine rings is 1. The van der Waals surface area contributed by atoms with E-state index in [0.717, 1.165) is 37.6 Å². The van der Waals surface area contributed by atoms with Gasteiger partial charge in [-0.15, -0.1) is 0 Å². The second kappa shape index (κ2) is 7.96. The molecule has 2 N–H and O–H groups in total. The maximum absolute atomic E-state index is 12.1. The van der Waals surface area contributed by atoms with E-state index in [9.17, 15) is 4.79 Å². The molecule has 1 aromatic carbocycles. The molecule has 0 unspecified atom stereocenters. The Bertz CT molecular complexity index is 757. The van der Waals surface area contributed by atoms with Gasteiger partial charge in [-0.2, -0.15) is 0 Å². The molecule has 0 aliphatic carbocycles. The van der Waals surface area contributed by atoms with E-state index in [-0.39, 0.29) is 11.4 Å². The highest BCUT2D eigenvalue weighted by molar-refractivity contribution is 5.93. The van der Waals surface area contributed by atoms with E-state index < -0.39 is 0 Å². The minimum Gasteiger partial charge on any atom is -0.369 e. The Kier molecular flexibility index (Phi) is 5.65. The zero-order valence-corrected chi connectivity index (χ0v) is 16.6. The zero-order valence-electron chi connectivity index (χ0n) is 16.6. The van der Waals surface area contributed by atoms with E-state index in [4.69, 9.17) is 0 Å². The second-order valence-electron chi connectivity index (χ2n) is 8.10. The number of hydrogen-bond donors (Lipinski definition) is 2. The molecule has 6 nitrogen and oxygen atoms in total. The van der Waals surface area contributed by atoms with Crippen molar-refractivity contribution in [2.75, 3.05) is 43.4 Å². The Balaban J connectivity index is 1.59. The number of likely N-dealkylation sites (N-methyl/N-ethyl adjacent to an activating group) is 1. The summed E-state index contributed by atoms with van der Waals surface area (Å²) in [6.45, 7) is 10.2. The summed E-state index contributed by atoms with van der Waals surface area (Å²) in [4.78, 5) is 21.2. The van der Waals surface area contributed by atoms with Crippen molar-refractivity contribution < 1.29 is 4.79 Å². The van der Waals surface area contributed by atoms with Crippen molar-refractivity contribution in [3.8, 4) is 0 Å². The number of nitrogens with zero attached hydrogens (tertiary/aromatic N) is 3. The molecule has 1 aliphatic heterocycles. The number of aromatic nitrogens is 1. The number of carbonyl (C=O) groups excluding carboxylic acids is 1. The Morgan fingerprint density at radius 2 is 1.59 bits per heavy atom. The first kappa shape index (κ1) is 19.2. The van der Waals surface area contributed by atoms with Crippen LogP contribution in [0.15, 0.2) is 42.6 Å². The van der Waals surface area contributed by atoms with Crippen LogP contribution in [0.25, 0.3) is 0 Å². The molecule has 144 valence electrons. The van der Waals surface area contributed by atoms with Crippen LogP contribution in [0.5, 0.6) is 0 Å². The minimum absolute atomic E-state index is 0.162. The van der Waals surface area contributed by atoms with Gasteiger partial charge in [0.05, 0.1) is 11.9 Å². The smallest absolute Gasteiger partial charge is 0.270 e. The Morgan fingerprint density at radius 3 is 2.15 bits per heavy atom. The molecule has 2 aromatic rings. The van der Waals surface area contributed by atoms with E-state index in [0.29, 0.717) is 5.69 Å². The van der Waals surface area contributed by atoms with Crippen LogP contribution < -0.4 is 15.5 Å². The molecule has 1 aromatic heterocycles. The first-order valence-electron chi connectivity index (χ1n) is 9.39. The third kappa shape index (κ3) is 5.44. The molecule has 3 rings (SSSR count). The van der Waals surface area contributed by atoms with Crippen molar-refractivity contribution in [3.63, 3.8) is 0 Å². The molecule has 1 saturated heterocycles. The first-order valence-corrected chi connectivity index (χ1v) is 9.39. The van der Waals surface area contributed by atoms with E-state index >= 15 is 0 Å². The standard InChI is InChI=1S/C21H29N5O/c1-21(2,3)24-20(27)19-10-7-17(15-22-19)23-16-5-8-18(9-6-16)26-13-11-25(4)12-14-26/h5-10,15,23H,11-14H2,1-4H3,(H,24,27). The molecule has 27 heavy (non-hydrogen) atoms. The summed E-state index contributed by atoms with van der Waals surface area (Å²) in [7, 11) is 2.16. The predicted molar refractivity (Wildman–Crippen MR) is 111 cm³/mol. The average Bonchev–Trinajstić information content (AvgIpc) is 2.62. The van der Waals surface area contributed by atoms with Gasteiger partial charge in [0, 0.05) is 43.1 Å². The van der Waals surface area contributed by atoms with Gasteiger partial charge in [-0.25, -0.2) is 4.98 Å². The molecule has 0 bridgehead atoms. The number of piperazine rings is 1. The highest BCUT2D eigenvalue weighted by Gasteiger charge is 2.16. The van der Waals surface area contributed by atoms with E-state index in [1.165, 1.54) is 5.69 Å². The summed E-state index contributed by atoms with van der Waals surface area (Å²) in [6, 6.07) is 12.1. The van der Waals surface area contributed by atoms with Crippen LogP contribution in [0.1, 0.15) is 31.3 Å². The van der Waals surface area contributed by atoms with E-state index in [2.05, 4.69) is 56.7 Å². The molecule has 1 fully saturated rings. The van der Waals surface area contributed by atoms with Crippen LogP contribution in [-0.4, -0.2) is 54.6 Å². The van der Waals surface area contributed by atoms with Gasteiger partial charge in [-0.05, 0) is 64.2 Å². The Morgan fingerprint density at radius 1 is 0.963 bits per heavy atom. The van der Waals surface area contributed by atoms with Gasteiger partial charge in [-0.1, -0.05) is 0 Å². The molecule has 0 spiro atoms. The van der Waals surface area contributed by atoms with Gasteiger partial charge >= 0.3 is 0 Å². The molecule has 0 radical (unpaired) electrons. The van der Waals surface area contributed by atoms with Gasteiger partial charge in [-0.3, -0.25) is 4.79 Å². The van der Waals surface area contributed by atoms with Crippen molar-refractivity contribution in [2.45, 2.75) is 26.3 Å². The molecule has 6 heteroatoms. The van der Waals surface area contributed by atoms with Crippen molar-refractivity contribution in [1.29, 1.82) is 0 Å². The van der Waals surface area contributed by atoms with Crippen LogP contribution in [0.4, 0.5) is 17.1 Å². The van der Waals surface area contributed by atoms with Gasteiger partial charge in [0.15, 0.2) is 0 Å². The zero-order chi connectivity index (χ0) is 19.4. The fourth-order valence-electron chi connectivity index (χ4n) is 2.99. The summed E-state index contributed by atoms with van der Waals surface area (Å²) in [5.41, 5.74) is 3.25. The van der Waals surface area contributed by atoms with Crippen LogP contribution in [0, 0.1) is 0 Å². The summed E-state index contributed by atoms with van der Waals surface area (Å²) >= 11 is 0. The molecular weight excluding hydrogens is 338 g/mol. The van der Waals surface area contributed by atoms with E-state index in [1.54, 1.807) is 12.3 Å². The molecule has 2 heterocycles. The Labute approximate surface area is 161 Å². The normalized spacial score (nSPS) is 15.5. The molecular formula is C21H29N5O. The van der Waals surface area contributed by atoms with Crippen LogP contribution in [0.2, 0.25) is 0 Å². The molecule has 0 atom stereocenters.